The van der Waals surface area contributed by atoms with Gasteiger partial charge >= 0.3 is 0 Å². The van der Waals surface area contributed by atoms with Crippen molar-refractivity contribution in [3.8, 4) is 28.7 Å². The normalized spacial score (nSPS) is 18.3. The fourth-order valence-corrected chi connectivity index (χ4v) is 11.3. The molecule has 0 aliphatic carbocycles. The lowest BCUT2D eigenvalue weighted by Gasteiger charge is -2.35. The van der Waals surface area contributed by atoms with Crippen LogP contribution in [0.5, 0.6) is 28.7 Å². The standard InChI is InChI=1S/C63H85N9O14S/c1-8-43-28-47-36-66-52-34-56(54(78-6)32-50(52)61(76)71(47)38-43)85-40-45-30-49(31-46(68-45)41-86-57-35-53-51(33-55(57)79-7)62(77)72-39-44(9-2)29-48(72)37-67-53)84-21-18-69-14-16-70(17-15-69)60(75)10-12-63(3,4)87-42-59(74)65-13-20-81-23-25-83-27-26-82-24-22-80-19-11-58(73)64-5/h8-9,30-37,47-48H,10-29,38-42H2,1-7H3,(H,64,73)(H,65,74)/b43-8+,44-9+/t47-,48+. The Bertz CT molecular complexity index is 2860. The Kier molecular flexibility index (Phi) is 24.8. The molecule has 8 rings (SSSR count). The van der Waals surface area contributed by atoms with E-state index in [1.807, 2.05) is 53.1 Å². The minimum Gasteiger partial charge on any atom is -0.493 e. The number of allylic oxidation sites excluding steroid dienone is 2. The van der Waals surface area contributed by atoms with Gasteiger partial charge in [0.15, 0.2) is 23.0 Å². The van der Waals surface area contributed by atoms with Gasteiger partial charge in [0.05, 0.1) is 119 Å². The molecule has 3 aromatic rings. The van der Waals surface area contributed by atoms with Crippen molar-refractivity contribution in [3.63, 3.8) is 0 Å². The van der Waals surface area contributed by atoms with E-state index >= 15 is 0 Å². The monoisotopic (exact) mass is 1220 g/mol. The second kappa shape index (κ2) is 32.8. The zero-order valence-corrected chi connectivity index (χ0v) is 52.2. The Morgan fingerprint density at radius 2 is 1.16 bits per heavy atom. The number of aromatic nitrogens is 1. The number of piperazine rings is 1. The third-order valence-electron chi connectivity index (χ3n) is 15.7. The van der Waals surface area contributed by atoms with Gasteiger partial charge in [-0.3, -0.25) is 43.8 Å². The molecule has 0 saturated carbocycles. The second-order valence-electron chi connectivity index (χ2n) is 22.1. The first-order chi connectivity index (χ1) is 42.2. The highest BCUT2D eigenvalue weighted by Gasteiger charge is 2.36. The molecule has 5 aliphatic heterocycles. The number of nitrogens with one attached hydrogen (secondary N) is 2. The van der Waals surface area contributed by atoms with E-state index in [4.69, 9.17) is 57.6 Å². The summed E-state index contributed by atoms with van der Waals surface area (Å²) in [6.45, 7) is 16.4. The summed E-state index contributed by atoms with van der Waals surface area (Å²) < 4.78 is 52.4. The Hall–Kier alpha value is -7.09. The number of ether oxygens (including phenoxy) is 9. The average Bonchev–Trinajstić information content (AvgIpc) is 1.99. The average molecular weight is 1220 g/mol. The molecule has 5 amide bonds. The molecule has 3 fully saturated rings. The first-order valence-electron chi connectivity index (χ1n) is 29.9. The van der Waals surface area contributed by atoms with Crippen LogP contribution in [0.25, 0.3) is 0 Å². The van der Waals surface area contributed by atoms with Crippen molar-refractivity contribution in [2.45, 2.75) is 89.8 Å². The van der Waals surface area contributed by atoms with Crippen LogP contribution in [0.2, 0.25) is 0 Å². The van der Waals surface area contributed by atoms with E-state index in [1.54, 1.807) is 31.3 Å². The molecule has 2 aromatic carbocycles. The van der Waals surface area contributed by atoms with Gasteiger partial charge in [-0.2, -0.15) is 0 Å². The van der Waals surface area contributed by atoms with Gasteiger partial charge in [0.2, 0.25) is 17.7 Å². The Balaban J connectivity index is 0.793. The van der Waals surface area contributed by atoms with Crippen molar-refractivity contribution >= 4 is 65.1 Å². The first kappa shape index (κ1) is 65.9. The molecule has 24 heteroatoms. The summed E-state index contributed by atoms with van der Waals surface area (Å²) in [7, 11) is 4.66. The minimum absolute atomic E-state index is 0.0131. The highest BCUT2D eigenvalue weighted by atomic mass is 32.2. The second-order valence-corrected chi connectivity index (χ2v) is 23.8. The fraction of sp³-hybridized carbons (Fsp3) is 0.556. The van der Waals surface area contributed by atoms with Crippen LogP contribution in [0.4, 0.5) is 11.4 Å². The van der Waals surface area contributed by atoms with Crippen LogP contribution in [-0.4, -0.2) is 222 Å². The molecule has 87 heavy (non-hydrogen) atoms. The van der Waals surface area contributed by atoms with E-state index in [2.05, 4.69) is 41.5 Å². The zero-order valence-electron chi connectivity index (χ0n) is 51.4. The summed E-state index contributed by atoms with van der Waals surface area (Å²) in [5.41, 5.74) is 5.32. The van der Waals surface area contributed by atoms with Crippen LogP contribution < -0.4 is 34.3 Å². The SMILES string of the molecule is C/C=C1\C[C@H]2C=Nc3cc(OCc4cc(OCCN5CCN(C(=O)CCC(C)(C)SCC(=O)NCCOCCOCCOCCOCCC(=O)NC)CC5)cc(COc5cc6c(cc5OC)C(=O)N5C/C(=C/C)C[C@@H]5C=N6)n4)c(OC)cc3C(=O)N2C1. The molecule has 0 radical (unpaired) electrons. The summed E-state index contributed by atoms with van der Waals surface area (Å²) in [6.07, 6.45) is 10.6. The van der Waals surface area contributed by atoms with Crippen molar-refractivity contribution in [1.82, 2.24) is 35.2 Å². The van der Waals surface area contributed by atoms with Crippen molar-refractivity contribution in [2.75, 3.05) is 139 Å². The maximum absolute atomic E-state index is 13.8. The molecule has 2 N–H and O–H groups in total. The van der Waals surface area contributed by atoms with Crippen molar-refractivity contribution in [3.05, 3.63) is 82.2 Å². The third kappa shape index (κ3) is 19.0. The molecule has 6 heterocycles. The molecular weight excluding hydrogens is 1140 g/mol. The lowest BCUT2D eigenvalue weighted by Crippen LogP contribution is -2.49. The molecule has 23 nitrogen and oxygen atoms in total. The smallest absolute Gasteiger partial charge is 0.257 e. The van der Waals surface area contributed by atoms with Crippen LogP contribution in [-0.2, 0) is 46.5 Å². The summed E-state index contributed by atoms with van der Waals surface area (Å²) in [6, 6.07) is 10.2. The molecule has 1 aromatic heterocycles. The number of benzene rings is 2. The summed E-state index contributed by atoms with van der Waals surface area (Å²) in [4.78, 5) is 87.1. The van der Waals surface area contributed by atoms with Crippen LogP contribution in [0.3, 0.4) is 0 Å². The number of hydrogen-bond acceptors (Lipinski definition) is 19. The van der Waals surface area contributed by atoms with Gasteiger partial charge in [0.25, 0.3) is 11.8 Å². The molecular formula is C63H85N9O14S. The number of hydrogen-bond donors (Lipinski definition) is 2. The van der Waals surface area contributed by atoms with E-state index in [9.17, 15) is 24.0 Å². The molecule has 2 atom stereocenters. The van der Waals surface area contributed by atoms with E-state index in [0.29, 0.717) is 194 Å². The summed E-state index contributed by atoms with van der Waals surface area (Å²) in [5, 5.41) is 5.45. The summed E-state index contributed by atoms with van der Waals surface area (Å²) in [5.74, 6) is 2.09. The highest BCUT2D eigenvalue weighted by molar-refractivity contribution is 8.01. The van der Waals surface area contributed by atoms with Crippen molar-refractivity contribution in [1.29, 1.82) is 0 Å². The van der Waals surface area contributed by atoms with Crippen molar-refractivity contribution in [2.24, 2.45) is 9.98 Å². The van der Waals surface area contributed by atoms with Gasteiger partial charge in [-0.05, 0) is 45.2 Å². The molecule has 0 spiro atoms. The Morgan fingerprint density at radius 1 is 0.644 bits per heavy atom. The quantitative estimate of drug-likeness (QED) is 0.0514. The van der Waals surface area contributed by atoms with E-state index in [-0.39, 0.29) is 65.3 Å². The van der Waals surface area contributed by atoms with Crippen LogP contribution in [0, 0.1) is 0 Å². The predicted molar refractivity (Wildman–Crippen MR) is 331 cm³/mol. The third-order valence-corrected chi connectivity index (χ3v) is 17.0. The molecule has 472 valence electrons. The number of fused-ring (bicyclic) bond motifs is 4. The minimum atomic E-state index is -0.284. The van der Waals surface area contributed by atoms with E-state index < -0.39 is 0 Å². The van der Waals surface area contributed by atoms with Gasteiger partial charge in [0.1, 0.15) is 25.6 Å². The number of carbonyl (C=O) groups excluding carboxylic acids is 5. The lowest BCUT2D eigenvalue weighted by molar-refractivity contribution is -0.133. The Labute approximate surface area is 514 Å². The number of carbonyl (C=O) groups is 5. The topological polar surface area (TPSA) is 243 Å². The number of pyridine rings is 1. The Morgan fingerprint density at radius 3 is 1.67 bits per heavy atom. The van der Waals surface area contributed by atoms with Gasteiger partial charge in [-0.25, -0.2) is 0 Å². The molecule has 0 unspecified atom stereocenters. The zero-order chi connectivity index (χ0) is 61.7. The summed E-state index contributed by atoms with van der Waals surface area (Å²) >= 11 is 1.53. The first-order valence-corrected chi connectivity index (χ1v) is 30.9. The maximum Gasteiger partial charge on any atom is 0.257 e. The van der Waals surface area contributed by atoms with Gasteiger partial charge in [-0.1, -0.05) is 37.1 Å². The molecule has 5 aliphatic rings. The highest BCUT2D eigenvalue weighted by Crippen LogP contribution is 2.41. The van der Waals surface area contributed by atoms with Crippen LogP contribution in [0.1, 0.15) is 91.9 Å². The van der Waals surface area contributed by atoms with Crippen LogP contribution >= 0.6 is 11.8 Å². The largest absolute Gasteiger partial charge is 0.493 e. The number of rotatable bonds is 33. The number of nitrogens with zero attached hydrogens (tertiary/aromatic N) is 7. The number of aliphatic imine (C=N–C) groups is 2. The van der Waals surface area contributed by atoms with Gasteiger partial charge in [-0.15, -0.1) is 11.8 Å². The molecule has 3 saturated heterocycles. The van der Waals surface area contributed by atoms with Gasteiger partial charge in [0, 0.05) is 114 Å². The van der Waals surface area contributed by atoms with Gasteiger partial charge < -0.3 is 68.0 Å². The predicted octanol–water partition coefficient (Wildman–Crippen LogP) is 6.14. The number of amides is 5. The maximum atomic E-state index is 13.8. The van der Waals surface area contributed by atoms with Crippen molar-refractivity contribution < 1.29 is 66.6 Å². The van der Waals surface area contributed by atoms with Crippen LogP contribution in [0.15, 0.2) is 69.7 Å². The molecule has 0 bridgehead atoms. The fourth-order valence-electron chi connectivity index (χ4n) is 10.5. The number of methoxy groups -OCH3 is 2. The number of thioether (sulfide) groups is 1. The van der Waals surface area contributed by atoms with E-state index in [1.165, 1.54) is 37.1 Å². The van der Waals surface area contributed by atoms with E-state index in [0.717, 1.165) is 12.8 Å². The lowest BCUT2D eigenvalue weighted by atomic mass is 10.1.